The number of furan rings is 1. The normalized spacial score (nSPS) is 11.5. The predicted molar refractivity (Wildman–Crippen MR) is 279 cm³/mol. The summed E-state index contributed by atoms with van der Waals surface area (Å²) in [7, 11) is 0. The minimum absolute atomic E-state index is 0.673. The van der Waals surface area contributed by atoms with Crippen LogP contribution in [0.5, 0.6) is 0 Å². The van der Waals surface area contributed by atoms with E-state index < -0.39 is 0 Å². The fourth-order valence-corrected chi connectivity index (χ4v) is 10.8. The van der Waals surface area contributed by atoms with E-state index in [1.54, 1.807) is 11.3 Å². The van der Waals surface area contributed by atoms with Crippen molar-refractivity contribution in [2.45, 2.75) is 0 Å². The van der Waals surface area contributed by atoms with Crippen molar-refractivity contribution < 1.29 is 4.42 Å². The molecule has 7 heteroatoms. The Morgan fingerprint density at radius 3 is 1.75 bits per heavy atom. The van der Waals surface area contributed by atoms with Gasteiger partial charge < -0.3 is 4.42 Å². The van der Waals surface area contributed by atoms with Gasteiger partial charge in [0.1, 0.15) is 11.2 Å². The molecule has 68 heavy (non-hydrogen) atoms. The van der Waals surface area contributed by atoms with Gasteiger partial charge in [-0.15, -0.1) is 11.3 Å². The second kappa shape index (κ2) is 16.5. The Morgan fingerprint density at radius 1 is 0.382 bits per heavy atom. The van der Waals surface area contributed by atoms with E-state index >= 15 is 0 Å². The van der Waals surface area contributed by atoms with E-state index in [0.29, 0.717) is 5.82 Å². The van der Waals surface area contributed by atoms with Crippen LogP contribution >= 0.6 is 11.3 Å². The number of para-hydroxylation sites is 2. The van der Waals surface area contributed by atoms with Crippen LogP contribution in [0.15, 0.2) is 229 Å². The number of hydrogen-bond acceptors (Lipinski definition) is 7. The van der Waals surface area contributed by atoms with Gasteiger partial charge in [-0.2, -0.15) is 0 Å². The Kier molecular flexibility index (Phi) is 9.58. The van der Waals surface area contributed by atoms with Crippen molar-refractivity contribution >= 4 is 54.3 Å². The van der Waals surface area contributed by atoms with Gasteiger partial charge >= 0.3 is 0 Å². The number of hydrogen-bond donors (Lipinski definition) is 0. The lowest BCUT2D eigenvalue weighted by atomic mass is 9.95. The number of nitrogens with zero attached hydrogens (tertiary/aromatic N) is 5. The Morgan fingerprint density at radius 2 is 0.985 bits per heavy atom. The molecular formula is C61H37N5OS. The third-order valence-corrected chi connectivity index (χ3v) is 14.0. The fourth-order valence-electron chi connectivity index (χ4n) is 9.46. The topological polar surface area (TPSA) is 77.6 Å². The summed E-state index contributed by atoms with van der Waals surface area (Å²) < 4.78 is 7.45. The number of benzene rings is 7. The van der Waals surface area contributed by atoms with Crippen LogP contribution < -0.4 is 0 Å². The molecule has 0 fully saturated rings. The lowest BCUT2D eigenvalue weighted by Crippen LogP contribution is -1.96. The lowest BCUT2D eigenvalue weighted by molar-refractivity contribution is 0.669. The summed E-state index contributed by atoms with van der Waals surface area (Å²) in [4.78, 5) is 25.9. The third kappa shape index (κ3) is 6.92. The van der Waals surface area contributed by atoms with Crippen LogP contribution in [0.25, 0.3) is 132 Å². The quantitative estimate of drug-likeness (QED) is 0.151. The molecule has 0 saturated carbocycles. The van der Waals surface area contributed by atoms with E-state index in [-0.39, 0.29) is 0 Å². The van der Waals surface area contributed by atoms with Gasteiger partial charge in [-0.1, -0.05) is 158 Å². The molecule has 6 heterocycles. The second-order valence-corrected chi connectivity index (χ2v) is 17.8. The molecule has 0 aliphatic rings. The van der Waals surface area contributed by atoms with Crippen molar-refractivity contribution in [3.8, 4) is 89.0 Å². The SMILES string of the molecule is c1ccc(-c2nc(-c3ccc(-c4ccc(-c5nc6ccccc6c6sc(-c7cccnc7)c(-c7cccnc7)c56)cc4)cc3)cc(-c3cccc(-c4cccc5oc6ccccc6c45)c3)n2)cc1. The van der Waals surface area contributed by atoms with E-state index in [1.807, 2.05) is 73.3 Å². The van der Waals surface area contributed by atoms with Crippen LogP contribution in [0.3, 0.4) is 0 Å². The van der Waals surface area contributed by atoms with Crippen LogP contribution in [-0.4, -0.2) is 24.9 Å². The Labute approximate surface area is 395 Å². The zero-order valence-electron chi connectivity index (χ0n) is 36.4. The summed E-state index contributed by atoms with van der Waals surface area (Å²) in [6.45, 7) is 0. The van der Waals surface area contributed by atoms with E-state index in [4.69, 9.17) is 19.4 Å². The van der Waals surface area contributed by atoms with Crippen LogP contribution in [0, 0.1) is 0 Å². The number of thiophene rings is 1. The van der Waals surface area contributed by atoms with Gasteiger partial charge in [0, 0.05) is 94.9 Å². The molecule has 13 aromatic rings. The molecule has 0 amide bonds. The van der Waals surface area contributed by atoms with Crippen molar-refractivity contribution in [2.24, 2.45) is 0 Å². The van der Waals surface area contributed by atoms with Crippen molar-refractivity contribution in [1.82, 2.24) is 24.9 Å². The Hall–Kier alpha value is -8.91. The van der Waals surface area contributed by atoms with Crippen molar-refractivity contribution in [1.29, 1.82) is 0 Å². The summed E-state index contributed by atoms with van der Waals surface area (Å²) >= 11 is 1.79. The molecule has 6 nitrogen and oxygen atoms in total. The summed E-state index contributed by atoms with van der Waals surface area (Å²) in [5, 5.41) is 4.46. The summed E-state index contributed by atoms with van der Waals surface area (Å²) in [5.41, 5.74) is 17.0. The molecule has 0 spiro atoms. The molecule has 0 aliphatic carbocycles. The minimum Gasteiger partial charge on any atom is -0.456 e. The Balaban J connectivity index is 0.874. The maximum atomic E-state index is 6.25. The maximum Gasteiger partial charge on any atom is 0.160 e. The van der Waals surface area contributed by atoms with Gasteiger partial charge in [0.05, 0.1) is 22.6 Å². The van der Waals surface area contributed by atoms with Gasteiger partial charge in [0.2, 0.25) is 0 Å². The van der Waals surface area contributed by atoms with E-state index in [0.717, 1.165) is 121 Å². The van der Waals surface area contributed by atoms with Crippen LogP contribution in [0.1, 0.15) is 0 Å². The molecule has 0 N–H and O–H groups in total. The number of rotatable bonds is 8. The largest absolute Gasteiger partial charge is 0.456 e. The van der Waals surface area contributed by atoms with E-state index in [2.05, 4.69) is 162 Å². The zero-order valence-corrected chi connectivity index (χ0v) is 37.2. The predicted octanol–water partition coefficient (Wildman–Crippen LogP) is 16.3. The van der Waals surface area contributed by atoms with Crippen LogP contribution in [0.4, 0.5) is 0 Å². The van der Waals surface area contributed by atoms with Gasteiger partial charge in [-0.3, -0.25) is 9.97 Å². The highest BCUT2D eigenvalue weighted by molar-refractivity contribution is 7.24. The summed E-state index contributed by atoms with van der Waals surface area (Å²) in [6, 6.07) is 69.5. The molecule has 0 atom stereocenters. The zero-order chi connectivity index (χ0) is 45.0. The third-order valence-electron chi connectivity index (χ3n) is 12.7. The van der Waals surface area contributed by atoms with Gasteiger partial charge in [0.15, 0.2) is 5.82 Å². The van der Waals surface area contributed by atoms with Gasteiger partial charge in [-0.05, 0) is 64.7 Å². The van der Waals surface area contributed by atoms with Crippen LogP contribution in [-0.2, 0) is 0 Å². The van der Waals surface area contributed by atoms with Crippen LogP contribution in [0.2, 0.25) is 0 Å². The molecule has 318 valence electrons. The molecule has 13 rings (SSSR count). The lowest BCUT2D eigenvalue weighted by Gasteiger charge is -2.12. The molecule has 0 aliphatic heterocycles. The first-order valence-corrected chi connectivity index (χ1v) is 23.3. The first-order valence-electron chi connectivity index (χ1n) is 22.5. The molecule has 0 bridgehead atoms. The molecule has 0 unspecified atom stereocenters. The van der Waals surface area contributed by atoms with Crippen molar-refractivity contribution in [2.75, 3.05) is 0 Å². The highest BCUT2D eigenvalue weighted by Gasteiger charge is 2.23. The number of aromatic nitrogens is 5. The first kappa shape index (κ1) is 39.5. The maximum absolute atomic E-state index is 6.25. The number of pyridine rings is 3. The van der Waals surface area contributed by atoms with Gasteiger partial charge in [0.25, 0.3) is 0 Å². The molecule has 0 radical (unpaired) electrons. The molecule has 6 aromatic heterocycles. The second-order valence-electron chi connectivity index (χ2n) is 16.8. The minimum atomic E-state index is 0.673. The molecule has 0 saturated heterocycles. The standard InChI is InChI=1S/C61H37N5OS/c1-2-12-42(13-3-1)61-65-51(35-52(66-61)44-15-8-14-43(34-44)47-20-9-23-54-56(47)49-19-5-7-22-53(49)67-54)40-28-24-38(25-29-40)39-26-30-41(31-27-39)58-57-55(45-16-10-32-62-36-45)59(46-17-11-33-63-37-46)68-60(57)48-18-4-6-21-50(48)64-58/h1-37H. The van der Waals surface area contributed by atoms with Gasteiger partial charge in [-0.25, -0.2) is 15.0 Å². The van der Waals surface area contributed by atoms with Crippen molar-refractivity contribution in [3.63, 3.8) is 0 Å². The summed E-state index contributed by atoms with van der Waals surface area (Å²) in [6.07, 6.45) is 7.53. The molecular weight excluding hydrogens is 851 g/mol. The fraction of sp³-hybridized carbons (Fsp3) is 0. The average Bonchev–Trinajstić information content (AvgIpc) is 4.02. The van der Waals surface area contributed by atoms with Crippen molar-refractivity contribution in [3.05, 3.63) is 225 Å². The Bertz CT molecular complexity index is 4000. The monoisotopic (exact) mass is 887 g/mol. The average molecular weight is 888 g/mol. The first-order chi connectivity index (χ1) is 33.7. The highest BCUT2D eigenvalue weighted by atomic mass is 32.1. The van der Waals surface area contributed by atoms with E-state index in [1.165, 1.54) is 4.70 Å². The highest BCUT2D eigenvalue weighted by Crippen LogP contribution is 2.50. The number of fused-ring (bicyclic) bond motifs is 6. The summed E-state index contributed by atoms with van der Waals surface area (Å²) in [5.74, 6) is 0.673. The van der Waals surface area contributed by atoms with E-state index in [9.17, 15) is 0 Å². The molecule has 7 aromatic carbocycles. The smallest absolute Gasteiger partial charge is 0.160 e.